The lowest BCUT2D eigenvalue weighted by atomic mass is 10.0. The lowest BCUT2D eigenvalue weighted by Crippen LogP contribution is -2.39. The summed E-state index contributed by atoms with van der Waals surface area (Å²) in [4.78, 5) is 0. The average molecular weight is 236 g/mol. The van der Waals surface area contributed by atoms with Crippen molar-refractivity contribution in [1.29, 1.82) is 5.26 Å². The van der Waals surface area contributed by atoms with Crippen LogP contribution in [0.15, 0.2) is 18.2 Å². The van der Waals surface area contributed by atoms with E-state index in [0.29, 0.717) is 13.0 Å². The third-order valence-electron chi connectivity index (χ3n) is 2.74. The second-order valence-electron chi connectivity index (χ2n) is 4.23. The minimum absolute atomic E-state index is 0.237. The highest BCUT2D eigenvalue weighted by Gasteiger charge is 2.21. The fraction of sp³-hybridized carbons (Fsp3) is 0.462. The number of rotatable bonds is 5. The largest absolute Gasteiger partial charge is 0.490 e. The van der Waals surface area contributed by atoms with Gasteiger partial charge >= 0.3 is 0 Å². The van der Waals surface area contributed by atoms with Gasteiger partial charge in [0.25, 0.3) is 0 Å². The Balaban J connectivity index is 2.57. The maximum absolute atomic E-state index is 13.3. The van der Waals surface area contributed by atoms with Crippen molar-refractivity contribution in [2.75, 3.05) is 13.7 Å². The van der Waals surface area contributed by atoms with Gasteiger partial charge in [0.1, 0.15) is 5.54 Å². The van der Waals surface area contributed by atoms with E-state index in [9.17, 15) is 4.39 Å². The Hall–Kier alpha value is -1.60. The van der Waals surface area contributed by atoms with E-state index in [2.05, 4.69) is 11.4 Å². The van der Waals surface area contributed by atoms with Crippen LogP contribution in [0.1, 0.15) is 18.9 Å². The molecule has 1 aromatic carbocycles. The minimum Gasteiger partial charge on any atom is -0.490 e. The van der Waals surface area contributed by atoms with E-state index in [0.717, 1.165) is 5.56 Å². The number of nitrogens with one attached hydrogen (secondary N) is 1. The SMILES string of the molecule is CNC(C)(C#N)CCOc1cc(C)ccc1F. The van der Waals surface area contributed by atoms with E-state index < -0.39 is 5.54 Å². The molecular formula is C13H17FN2O. The molecule has 0 aliphatic heterocycles. The van der Waals surface area contributed by atoms with Gasteiger partial charge in [-0.05, 0) is 38.6 Å². The molecular weight excluding hydrogens is 219 g/mol. The summed E-state index contributed by atoms with van der Waals surface area (Å²) in [5.74, 6) is -0.139. The van der Waals surface area contributed by atoms with Gasteiger partial charge in [-0.25, -0.2) is 4.39 Å². The fourth-order valence-electron chi connectivity index (χ4n) is 1.32. The Morgan fingerprint density at radius 1 is 1.53 bits per heavy atom. The molecule has 0 saturated carbocycles. The molecule has 0 aliphatic carbocycles. The smallest absolute Gasteiger partial charge is 0.165 e. The molecule has 92 valence electrons. The third kappa shape index (κ3) is 3.72. The van der Waals surface area contributed by atoms with Gasteiger partial charge < -0.3 is 10.1 Å². The summed E-state index contributed by atoms with van der Waals surface area (Å²) in [5.41, 5.74) is 0.304. The molecule has 1 rings (SSSR count). The molecule has 1 atom stereocenters. The highest BCUT2D eigenvalue weighted by molar-refractivity contribution is 5.29. The van der Waals surface area contributed by atoms with Crippen molar-refractivity contribution >= 4 is 0 Å². The number of hydrogen-bond donors (Lipinski definition) is 1. The second kappa shape index (κ2) is 5.65. The Morgan fingerprint density at radius 2 is 2.24 bits per heavy atom. The molecule has 0 amide bonds. The van der Waals surface area contributed by atoms with Gasteiger partial charge in [-0.2, -0.15) is 5.26 Å². The molecule has 0 heterocycles. The van der Waals surface area contributed by atoms with E-state index in [1.165, 1.54) is 6.07 Å². The maximum atomic E-state index is 13.3. The number of ether oxygens (including phenoxy) is 1. The normalized spacial score (nSPS) is 13.8. The summed E-state index contributed by atoms with van der Waals surface area (Å²) in [7, 11) is 1.72. The highest BCUT2D eigenvalue weighted by Crippen LogP contribution is 2.19. The molecule has 1 aromatic rings. The summed E-state index contributed by atoms with van der Waals surface area (Å²) >= 11 is 0. The van der Waals surface area contributed by atoms with E-state index in [1.807, 2.05) is 6.92 Å². The van der Waals surface area contributed by atoms with Gasteiger partial charge in [0.05, 0.1) is 12.7 Å². The van der Waals surface area contributed by atoms with Crippen LogP contribution in [0.4, 0.5) is 4.39 Å². The maximum Gasteiger partial charge on any atom is 0.165 e. The summed E-state index contributed by atoms with van der Waals surface area (Å²) in [6.07, 6.45) is 0.493. The molecule has 0 radical (unpaired) electrons. The summed E-state index contributed by atoms with van der Waals surface area (Å²) in [6.45, 7) is 3.95. The van der Waals surface area contributed by atoms with Crippen molar-refractivity contribution in [3.05, 3.63) is 29.6 Å². The van der Waals surface area contributed by atoms with E-state index in [-0.39, 0.29) is 11.6 Å². The Kier molecular flexibility index (Phi) is 4.47. The van der Waals surface area contributed by atoms with Gasteiger partial charge in [-0.15, -0.1) is 0 Å². The monoisotopic (exact) mass is 236 g/mol. The lowest BCUT2D eigenvalue weighted by molar-refractivity contribution is 0.262. The van der Waals surface area contributed by atoms with Crippen LogP contribution in [0.25, 0.3) is 0 Å². The van der Waals surface area contributed by atoms with Crippen molar-refractivity contribution in [1.82, 2.24) is 5.32 Å². The van der Waals surface area contributed by atoms with Gasteiger partial charge in [0.2, 0.25) is 0 Å². The van der Waals surface area contributed by atoms with Crippen LogP contribution >= 0.6 is 0 Å². The summed E-state index contributed by atoms with van der Waals surface area (Å²) in [5, 5.41) is 11.8. The average Bonchev–Trinajstić information content (AvgIpc) is 2.33. The number of nitriles is 1. The quantitative estimate of drug-likeness (QED) is 0.853. The van der Waals surface area contributed by atoms with E-state index in [4.69, 9.17) is 10.00 Å². The standard InChI is InChI=1S/C13H17FN2O/c1-10-4-5-11(14)12(8-10)17-7-6-13(2,9-15)16-3/h4-5,8,16H,6-7H2,1-3H3. The van der Waals surface area contributed by atoms with Crippen LogP contribution in [0.3, 0.4) is 0 Å². The van der Waals surface area contributed by atoms with Gasteiger partial charge in [0, 0.05) is 6.42 Å². The molecule has 4 heteroatoms. The Labute approximate surface area is 101 Å². The molecule has 3 nitrogen and oxygen atoms in total. The van der Waals surface area contributed by atoms with Gasteiger partial charge in [0.15, 0.2) is 11.6 Å². The molecule has 0 aromatic heterocycles. The van der Waals surface area contributed by atoms with Crippen molar-refractivity contribution in [2.45, 2.75) is 25.8 Å². The van der Waals surface area contributed by atoms with Gasteiger partial charge in [-0.3, -0.25) is 0 Å². The van der Waals surface area contributed by atoms with Crippen LogP contribution in [0, 0.1) is 24.1 Å². The zero-order chi connectivity index (χ0) is 12.9. The molecule has 0 aliphatic rings. The Bertz CT molecular complexity index is 428. The first-order valence-electron chi connectivity index (χ1n) is 5.50. The van der Waals surface area contributed by atoms with Crippen LogP contribution in [-0.2, 0) is 0 Å². The van der Waals surface area contributed by atoms with E-state index in [1.54, 1.807) is 26.1 Å². The van der Waals surface area contributed by atoms with Crippen LogP contribution in [0.5, 0.6) is 5.75 Å². The zero-order valence-electron chi connectivity index (χ0n) is 10.4. The lowest BCUT2D eigenvalue weighted by Gasteiger charge is -2.20. The topological polar surface area (TPSA) is 45.0 Å². The third-order valence-corrected chi connectivity index (χ3v) is 2.74. The highest BCUT2D eigenvalue weighted by atomic mass is 19.1. The minimum atomic E-state index is -0.639. The number of benzene rings is 1. The van der Waals surface area contributed by atoms with Crippen molar-refractivity contribution < 1.29 is 9.13 Å². The summed E-state index contributed by atoms with van der Waals surface area (Å²) in [6, 6.07) is 6.88. The predicted octanol–water partition coefficient (Wildman–Crippen LogP) is 2.40. The Morgan fingerprint density at radius 3 is 2.82 bits per heavy atom. The fourth-order valence-corrected chi connectivity index (χ4v) is 1.32. The molecule has 0 bridgehead atoms. The van der Waals surface area contributed by atoms with Crippen LogP contribution < -0.4 is 10.1 Å². The van der Waals surface area contributed by atoms with E-state index >= 15 is 0 Å². The summed E-state index contributed by atoms with van der Waals surface area (Å²) < 4.78 is 18.7. The van der Waals surface area contributed by atoms with Gasteiger partial charge in [-0.1, -0.05) is 6.07 Å². The van der Waals surface area contributed by atoms with Crippen molar-refractivity contribution in [3.8, 4) is 11.8 Å². The number of nitrogens with zero attached hydrogens (tertiary/aromatic N) is 1. The number of hydrogen-bond acceptors (Lipinski definition) is 3. The molecule has 1 unspecified atom stereocenters. The predicted molar refractivity (Wildman–Crippen MR) is 64.3 cm³/mol. The molecule has 0 fully saturated rings. The van der Waals surface area contributed by atoms with Crippen molar-refractivity contribution in [2.24, 2.45) is 0 Å². The van der Waals surface area contributed by atoms with Crippen molar-refractivity contribution in [3.63, 3.8) is 0 Å². The zero-order valence-corrected chi connectivity index (χ0v) is 10.4. The first-order chi connectivity index (χ1) is 8.00. The second-order valence-corrected chi connectivity index (χ2v) is 4.23. The molecule has 1 N–H and O–H groups in total. The molecule has 0 saturated heterocycles. The number of halogens is 1. The first kappa shape index (κ1) is 13.5. The number of aryl methyl sites for hydroxylation is 1. The molecule has 17 heavy (non-hydrogen) atoms. The first-order valence-corrected chi connectivity index (χ1v) is 5.50. The molecule has 0 spiro atoms. The van der Waals surface area contributed by atoms with Crippen LogP contribution in [-0.4, -0.2) is 19.2 Å². The van der Waals surface area contributed by atoms with Crippen LogP contribution in [0.2, 0.25) is 0 Å².